The van der Waals surface area contributed by atoms with Crippen LogP contribution < -0.4 is 5.32 Å². The van der Waals surface area contributed by atoms with E-state index >= 15 is 0 Å². The maximum absolute atomic E-state index is 13.1. The third-order valence-corrected chi connectivity index (χ3v) is 3.75. The van der Waals surface area contributed by atoms with Gasteiger partial charge in [0.1, 0.15) is 5.82 Å². The van der Waals surface area contributed by atoms with E-state index in [4.69, 9.17) is 0 Å². The first-order valence-corrected chi connectivity index (χ1v) is 5.75. The Kier molecular flexibility index (Phi) is 2.23. The second-order valence-electron chi connectivity index (χ2n) is 4.97. The lowest BCUT2D eigenvalue weighted by atomic mass is 9.82. The lowest BCUT2D eigenvalue weighted by Crippen LogP contribution is -2.46. The molecule has 2 atom stereocenters. The molecule has 2 bridgehead atoms. The zero-order chi connectivity index (χ0) is 11.2. The summed E-state index contributed by atoms with van der Waals surface area (Å²) in [5.74, 6) is -0.378. The molecule has 1 aromatic rings. The highest BCUT2D eigenvalue weighted by molar-refractivity contribution is 5.22. The molecule has 0 aromatic carbocycles. The van der Waals surface area contributed by atoms with Gasteiger partial charge in [0.2, 0.25) is 0 Å². The van der Waals surface area contributed by atoms with Gasteiger partial charge < -0.3 is 10.4 Å². The second-order valence-corrected chi connectivity index (χ2v) is 4.97. The van der Waals surface area contributed by atoms with Gasteiger partial charge >= 0.3 is 0 Å². The lowest BCUT2D eigenvalue weighted by molar-refractivity contribution is -0.0120. The lowest BCUT2D eigenvalue weighted by Gasteiger charge is -2.37. The van der Waals surface area contributed by atoms with Gasteiger partial charge in [-0.1, -0.05) is 0 Å². The molecule has 0 saturated carbocycles. The van der Waals surface area contributed by atoms with Crippen molar-refractivity contribution >= 4 is 0 Å². The molecule has 2 saturated heterocycles. The molecule has 1 aromatic heterocycles. The summed E-state index contributed by atoms with van der Waals surface area (Å²) in [6.45, 7) is 0. The van der Waals surface area contributed by atoms with Crippen molar-refractivity contribution in [2.45, 2.75) is 43.4 Å². The summed E-state index contributed by atoms with van der Waals surface area (Å²) in [6, 6.07) is 2.14. The van der Waals surface area contributed by atoms with Gasteiger partial charge in [0.25, 0.3) is 0 Å². The largest absolute Gasteiger partial charge is 0.385 e. The first-order valence-electron chi connectivity index (χ1n) is 5.75. The number of halogens is 1. The third-order valence-electron chi connectivity index (χ3n) is 3.75. The minimum Gasteiger partial charge on any atom is -0.385 e. The molecule has 4 heteroatoms. The Hall–Kier alpha value is -1.00. The van der Waals surface area contributed by atoms with E-state index in [1.807, 2.05) is 0 Å². The molecule has 0 aliphatic carbocycles. The van der Waals surface area contributed by atoms with E-state index in [1.165, 1.54) is 12.3 Å². The van der Waals surface area contributed by atoms with Crippen molar-refractivity contribution in [3.8, 4) is 0 Å². The number of nitrogens with zero attached hydrogens (tertiary/aromatic N) is 1. The standard InChI is InChI=1S/C12H15FN2O/c13-9-3-8(6-14-7-9)12(16)4-10-1-2-11(5-12)15-10/h3,6-7,10-11,15-16H,1-2,4-5H2. The van der Waals surface area contributed by atoms with Gasteiger partial charge in [-0.3, -0.25) is 4.98 Å². The number of fused-ring (bicyclic) bond motifs is 2. The smallest absolute Gasteiger partial charge is 0.141 e. The van der Waals surface area contributed by atoms with E-state index < -0.39 is 5.60 Å². The predicted molar refractivity (Wildman–Crippen MR) is 57.3 cm³/mol. The van der Waals surface area contributed by atoms with Crippen molar-refractivity contribution in [3.05, 3.63) is 29.8 Å². The number of aliphatic hydroxyl groups is 1. The van der Waals surface area contributed by atoms with Gasteiger partial charge in [-0.25, -0.2) is 4.39 Å². The molecule has 16 heavy (non-hydrogen) atoms. The molecule has 2 aliphatic heterocycles. The van der Waals surface area contributed by atoms with Crippen LogP contribution in [0.25, 0.3) is 0 Å². The monoisotopic (exact) mass is 222 g/mol. The molecule has 0 radical (unpaired) electrons. The maximum Gasteiger partial charge on any atom is 0.141 e. The summed E-state index contributed by atoms with van der Waals surface area (Å²) in [5.41, 5.74) is -0.280. The molecule has 2 fully saturated rings. The number of nitrogens with one attached hydrogen (secondary N) is 1. The van der Waals surface area contributed by atoms with Crippen LogP contribution in [0.2, 0.25) is 0 Å². The Labute approximate surface area is 93.7 Å². The maximum atomic E-state index is 13.1. The highest BCUT2D eigenvalue weighted by Gasteiger charge is 2.43. The van der Waals surface area contributed by atoms with E-state index in [0.29, 0.717) is 30.5 Å². The minimum atomic E-state index is -0.897. The first kappa shape index (κ1) is 10.2. The molecule has 2 aliphatic rings. The third kappa shape index (κ3) is 1.62. The number of pyridine rings is 1. The van der Waals surface area contributed by atoms with E-state index in [2.05, 4.69) is 10.3 Å². The second kappa shape index (κ2) is 3.50. The Bertz CT molecular complexity index is 398. The van der Waals surface area contributed by atoms with Crippen molar-refractivity contribution < 1.29 is 9.50 Å². The van der Waals surface area contributed by atoms with Crippen molar-refractivity contribution in [1.82, 2.24) is 10.3 Å². The number of piperidine rings is 1. The fourth-order valence-corrected chi connectivity index (χ4v) is 3.02. The van der Waals surface area contributed by atoms with Gasteiger partial charge in [-0.15, -0.1) is 0 Å². The van der Waals surface area contributed by atoms with Crippen LogP contribution in [0.1, 0.15) is 31.2 Å². The number of rotatable bonds is 1. The Balaban J connectivity index is 1.93. The Morgan fingerprint density at radius 1 is 1.31 bits per heavy atom. The summed E-state index contributed by atoms with van der Waals surface area (Å²) in [4.78, 5) is 3.82. The number of hydrogen-bond donors (Lipinski definition) is 2. The van der Waals surface area contributed by atoms with Crippen molar-refractivity contribution in [1.29, 1.82) is 0 Å². The van der Waals surface area contributed by atoms with Crippen LogP contribution >= 0.6 is 0 Å². The van der Waals surface area contributed by atoms with Gasteiger partial charge in [0.05, 0.1) is 11.8 Å². The van der Waals surface area contributed by atoms with Gasteiger partial charge in [-0.2, -0.15) is 0 Å². The van der Waals surface area contributed by atoms with E-state index in [-0.39, 0.29) is 5.82 Å². The summed E-state index contributed by atoms with van der Waals surface area (Å²) < 4.78 is 13.1. The molecule has 3 heterocycles. The van der Waals surface area contributed by atoms with Crippen molar-refractivity contribution in [2.24, 2.45) is 0 Å². The van der Waals surface area contributed by atoms with E-state index in [9.17, 15) is 9.50 Å². The first-order chi connectivity index (χ1) is 7.66. The van der Waals surface area contributed by atoms with Crippen LogP contribution in [-0.2, 0) is 5.60 Å². The van der Waals surface area contributed by atoms with E-state index in [0.717, 1.165) is 12.8 Å². The van der Waals surface area contributed by atoms with Crippen LogP contribution in [0.5, 0.6) is 0 Å². The molecular formula is C12H15FN2O. The predicted octanol–water partition coefficient (Wildman–Crippen LogP) is 1.32. The number of hydrogen-bond acceptors (Lipinski definition) is 3. The fourth-order valence-electron chi connectivity index (χ4n) is 3.02. The molecule has 86 valence electrons. The van der Waals surface area contributed by atoms with Crippen LogP contribution in [0.15, 0.2) is 18.5 Å². The summed E-state index contributed by atoms with van der Waals surface area (Å²) in [6.07, 6.45) is 6.28. The zero-order valence-electron chi connectivity index (χ0n) is 8.99. The van der Waals surface area contributed by atoms with Crippen molar-refractivity contribution in [3.63, 3.8) is 0 Å². The van der Waals surface area contributed by atoms with Gasteiger partial charge in [-0.05, 0) is 31.7 Å². The molecule has 2 unspecified atom stereocenters. The Morgan fingerprint density at radius 3 is 2.62 bits per heavy atom. The normalized spacial score (nSPS) is 37.6. The minimum absolute atomic E-state index is 0.368. The highest BCUT2D eigenvalue weighted by atomic mass is 19.1. The number of aromatic nitrogens is 1. The quantitative estimate of drug-likeness (QED) is 0.753. The summed E-state index contributed by atoms with van der Waals surface area (Å²) >= 11 is 0. The summed E-state index contributed by atoms with van der Waals surface area (Å²) in [5, 5.41) is 14.1. The van der Waals surface area contributed by atoms with Crippen LogP contribution in [0.3, 0.4) is 0 Å². The average Bonchev–Trinajstić information content (AvgIpc) is 2.59. The van der Waals surface area contributed by atoms with Crippen LogP contribution in [0.4, 0.5) is 4.39 Å². The van der Waals surface area contributed by atoms with Gasteiger partial charge in [0, 0.05) is 23.8 Å². The molecule has 2 N–H and O–H groups in total. The molecule has 0 spiro atoms. The fraction of sp³-hybridized carbons (Fsp3) is 0.583. The molecule has 3 rings (SSSR count). The van der Waals surface area contributed by atoms with Crippen molar-refractivity contribution in [2.75, 3.05) is 0 Å². The topological polar surface area (TPSA) is 45.2 Å². The molecule has 3 nitrogen and oxygen atoms in total. The SMILES string of the molecule is OC1(c2cncc(F)c2)CC2CCC(C1)N2. The highest BCUT2D eigenvalue weighted by Crippen LogP contribution is 2.40. The summed E-state index contributed by atoms with van der Waals surface area (Å²) in [7, 11) is 0. The van der Waals surface area contributed by atoms with Gasteiger partial charge in [0.15, 0.2) is 0 Å². The van der Waals surface area contributed by atoms with E-state index in [1.54, 1.807) is 6.20 Å². The van der Waals surface area contributed by atoms with Crippen LogP contribution in [-0.4, -0.2) is 22.2 Å². The molecular weight excluding hydrogens is 207 g/mol. The zero-order valence-corrected chi connectivity index (χ0v) is 8.99. The average molecular weight is 222 g/mol. The van der Waals surface area contributed by atoms with Crippen LogP contribution in [0, 0.1) is 5.82 Å². The Morgan fingerprint density at radius 2 is 2.00 bits per heavy atom. The molecule has 0 amide bonds.